The van der Waals surface area contributed by atoms with Crippen molar-refractivity contribution in [2.45, 2.75) is 6.42 Å². The van der Waals surface area contributed by atoms with E-state index in [0.29, 0.717) is 0 Å². The van der Waals surface area contributed by atoms with Crippen molar-refractivity contribution in [1.82, 2.24) is 0 Å². The normalized spacial score (nSPS) is 10.9. The molecule has 0 spiro atoms. The Hall–Kier alpha value is -0.530. The molecule has 0 amide bonds. The fourth-order valence-electron chi connectivity index (χ4n) is 0.954. The van der Waals surface area contributed by atoms with E-state index >= 15 is 0 Å². The molecule has 0 heterocycles. The number of hydrogen-bond donors (Lipinski definition) is 1. The van der Waals surface area contributed by atoms with Crippen molar-refractivity contribution in [3.8, 4) is 0 Å². The summed E-state index contributed by atoms with van der Waals surface area (Å²) in [7, 11) is 0. The van der Waals surface area contributed by atoms with Gasteiger partial charge in [0.15, 0.2) is 0 Å². The van der Waals surface area contributed by atoms with Gasteiger partial charge in [0.25, 0.3) is 0 Å². The Kier molecular flexibility index (Phi) is 2.09. The molecule has 3 rings (SSSR count). The maximum absolute atomic E-state index is 4.14. The third-order valence-electron chi connectivity index (χ3n) is 1.40. The minimum Gasteiger partial charge on any atom is -0.247 e. The summed E-state index contributed by atoms with van der Waals surface area (Å²) in [4.78, 5) is 0. The van der Waals surface area contributed by atoms with Crippen LogP contribution in [0.2, 0.25) is 0 Å². The van der Waals surface area contributed by atoms with Crippen LogP contribution in [0.4, 0.5) is 0 Å². The fraction of sp³-hybridized carbons (Fsp3) is 0.143. The molecule has 0 aliphatic heterocycles. The predicted octanol–water partition coefficient (Wildman–Crippen LogP) is 1.69. The molecule has 0 saturated carbocycles. The number of nitrogens with two attached hydrogens (primary N) is 1. The molecule has 1 nitrogen and oxygen atoms in total. The third kappa shape index (κ3) is 1.23. The van der Waals surface area contributed by atoms with Gasteiger partial charge in [0, 0.05) is 0 Å². The van der Waals surface area contributed by atoms with E-state index in [1.54, 1.807) is 0 Å². The van der Waals surface area contributed by atoms with Gasteiger partial charge in [0.2, 0.25) is 0 Å². The molecule has 0 aromatic heterocycles. The summed E-state index contributed by atoms with van der Waals surface area (Å²) in [6.45, 7) is 0. The lowest BCUT2D eigenvalue weighted by molar-refractivity contribution is 1.09. The summed E-state index contributed by atoms with van der Waals surface area (Å²) in [6.07, 6.45) is 1.22. The van der Waals surface area contributed by atoms with Gasteiger partial charge < -0.3 is 0 Å². The minimum absolute atomic E-state index is 1.22. The third-order valence-corrected chi connectivity index (χ3v) is 1.40. The van der Waals surface area contributed by atoms with E-state index in [1.165, 1.54) is 17.5 Å². The van der Waals surface area contributed by atoms with Crippen LogP contribution in [-0.4, -0.2) is 0 Å². The van der Waals surface area contributed by atoms with Gasteiger partial charge in [0.1, 0.15) is 0 Å². The van der Waals surface area contributed by atoms with Crippen LogP contribution in [0.1, 0.15) is 11.1 Å². The maximum Gasteiger partial charge on any atom is -0.00256 e. The molecule has 0 unspecified atom stereocenters. The highest BCUT2D eigenvalue weighted by Crippen LogP contribution is 2.18. The average Bonchev–Trinajstić information content (AvgIpc) is 1.93. The Bertz CT molecular complexity index is 173. The van der Waals surface area contributed by atoms with Gasteiger partial charge in [-0.25, -0.2) is 5.25 Å². The summed E-state index contributed by atoms with van der Waals surface area (Å²) in [6, 6.07) is 8.65. The van der Waals surface area contributed by atoms with E-state index in [0.717, 1.165) is 0 Å². The van der Waals surface area contributed by atoms with Crippen molar-refractivity contribution >= 4 is 11.8 Å². The molecule has 1 aromatic carbocycles. The first kappa shape index (κ1) is 6.59. The Morgan fingerprint density at radius 2 is 1.67 bits per heavy atom. The smallest absolute Gasteiger partial charge is 0.00256 e. The molecular weight excluding hydrogens is 134 g/mol. The monoisotopic (exact) mass is 141 g/mol. The van der Waals surface area contributed by atoms with Crippen LogP contribution < -0.4 is 5.25 Å². The molecule has 2 heteroatoms. The first-order valence-corrected chi connectivity index (χ1v) is 3.18. The van der Waals surface area contributed by atoms with Crippen LogP contribution in [0.5, 0.6) is 0 Å². The van der Waals surface area contributed by atoms with Crippen LogP contribution in [-0.2, 0) is 6.42 Å². The van der Waals surface area contributed by atoms with E-state index < -0.39 is 0 Å². The molecule has 0 saturated heterocycles. The first-order valence-electron chi connectivity index (χ1n) is 2.75. The SMILES string of the molecule is NCl.c1cc2cc(c1)C2. The number of hydrogen-bond acceptors (Lipinski definition) is 1. The van der Waals surface area contributed by atoms with Gasteiger partial charge in [-0.1, -0.05) is 24.3 Å². The van der Waals surface area contributed by atoms with Gasteiger partial charge in [-0.2, -0.15) is 0 Å². The van der Waals surface area contributed by atoms with Crippen LogP contribution in [0.15, 0.2) is 24.3 Å². The van der Waals surface area contributed by atoms with Gasteiger partial charge in [-0.15, -0.1) is 0 Å². The van der Waals surface area contributed by atoms with Crippen molar-refractivity contribution < 1.29 is 0 Å². The quantitative estimate of drug-likeness (QED) is 0.556. The second-order valence-electron chi connectivity index (χ2n) is 2.00. The highest BCUT2D eigenvalue weighted by molar-refractivity contribution is 6.11. The second-order valence-corrected chi connectivity index (χ2v) is 2.00. The highest BCUT2D eigenvalue weighted by atomic mass is 35.5. The molecule has 9 heavy (non-hydrogen) atoms. The number of benzene rings is 1. The summed E-state index contributed by atoms with van der Waals surface area (Å²) in [5.41, 5.74) is 2.97. The van der Waals surface area contributed by atoms with Gasteiger partial charge in [-0.3, -0.25) is 0 Å². The zero-order valence-corrected chi connectivity index (χ0v) is 5.73. The molecule has 0 atom stereocenters. The number of rotatable bonds is 0. The molecule has 2 N–H and O–H groups in total. The first-order chi connectivity index (χ1) is 4.45. The van der Waals surface area contributed by atoms with E-state index in [-0.39, 0.29) is 0 Å². The van der Waals surface area contributed by atoms with Crippen molar-refractivity contribution in [2.24, 2.45) is 5.25 Å². The Morgan fingerprint density at radius 3 is 1.78 bits per heavy atom. The van der Waals surface area contributed by atoms with Crippen molar-refractivity contribution in [2.75, 3.05) is 0 Å². The second kappa shape index (κ2) is 2.85. The standard InChI is InChI=1S/C7H6.ClH2N/c1-2-6-4-7(3-1)5-6;1-2/h1-4H,5H2;2H2. The van der Waals surface area contributed by atoms with Crippen LogP contribution >= 0.6 is 11.8 Å². The predicted molar refractivity (Wildman–Crippen MR) is 39.3 cm³/mol. The lowest BCUT2D eigenvalue weighted by atomic mass is 9.94. The van der Waals surface area contributed by atoms with Crippen molar-refractivity contribution in [1.29, 1.82) is 0 Å². The topological polar surface area (TPSA) is 26.0 Å². The Labute approximate surface area is 59.6 Å². The molecule has 2 aliphatic rings. The van der Waals surface area contributed by atoms with Crippen LogP contribution in [0.3, 0.4) is 0 Å². The van der Waals surface area contributed by atoms with Gasteiger partial charge >= 0.3 is 0 Å². The zero-order chi connectivity index (χ0) is 6.69. The maximum atomic E-state index is 4.14. The minimum atomic E-state index is 1.22. The van der Waals surface area contributed by atoms with Crippen molar-refractivity contribution in [3.05, 3.63) is 35.4 Å². The lowest BCUT2D eigenvalue weighted by Crippen LogP contribution is -1.97. The summed E-state index contributed by atoms with van der Waals surface area (Å²) in [5, 5.41) is 3.97. The fourth-order valence-corrected chi connectivity index (χ4v) is 0.954. The molecule has 2 bridgehead atoms. The Morgan fingerprint density at radius 1 is 1.22 bits per heavy atom. The average molecular weight is 142 g/mol. The molecular formula is C7H8ClN. The Balaban J connectivity index is 0.000000186. The van der Waals surface area contributed by atoms with Crippen LogP contribution in [0.25, 0.3) is 0 Å². The van der Waals surface area contributed by atoms with E-state index in [4.69, 9.17) is 0 Å². The van der Waals surface area contributed by atoms with Gasteiger partial charge in [0.05, 0.1) is 0 Å². The van der Waals surface area contributed by atoms with E-state index in [2.05, 4.69) is 41.3 Å². The summed E-state index contributed by atoms with van der Waals surface area (Å²) >= 11 is 4.14. The largest absolute Gasteiger partial charge is 0.247 e. The molecule has 0 radical (unpaired) electrons. The molecule has 48 valence electrons. The molecule has 1 aromatic rings. The van der Waals surface area contributed by atoms with E-state index in [9.17, 15) is 0 Å². The van der Waals surface area contributed by atoms with Crippen molar-refractivity contribution in [3.63, 3.8) is 0 Å². The van der Waals surface area contributed by atoms with Crippen LogP contribution in [0, 0.1) is 0 Å². The zero-order valence-electron chi connectivity index (χ0n) is 4.97. The summed E-state index contributed by atoms with van der Waals surface area (Å²) < 4.78 is 0. The van der Waals surface area contributed by atoms with Gasteiger partial charge in [-0.05, 0) is 29.3 Å². The number of fused-ring (bicyclic) bond motifs is 2. The lowest BCUT2D eigenvalue weighted by Gasteiger charge is -2.11. The highest BCUT2D eigenvalue weighted by Gasteiger charge is 2.04. The molecule has 2 aliphatic carbocycles. The summed E-state index contributed by atoms with van der Waals surface area (Å²) in [5.74, 6) is 0. The number of halogens is 1. The molecule has 0 fully saturated rings. The van der Waals surface area contributed by atoms with E-state index in [1.807, 2.05) is 0 Å².